The van der Waals surface area contributed by atoms with Gasteiger partial charge in [0.2, 0.25) is 0 Å². The van der Waals surface area contributed by atoms with Gasteiger partial charge < -0.3 is 14.5 Å². The van der Waals surface area contributed by atoms with Crippen LogP contribution in [0.5, 0.6) is 0 Å². The Bertz CT molecular complexity index is 881. The van der Waals surface area contributed by atoms with Crippen molar-refractivity contribution in [3.63, 3.8) is 0 Å². The highest BCUT2D eigenvalue weighted by atomic mass is 16.6. The third kappa shape index (κ3) is 2.52. The number of nitrogens with one attached hydrogen (secondary N) is 1. The van der Waals surface area contributed by atoms with Crippen molar-refractivity contribution in [2.75, 3.05) is 14.2 Å². The van der Waals surface area contributed by atoms with Gasteiger partial charge in [0.25, 0.3) is 5.56 Å². The number of fused-ring (bicyclic) bond motifs is 1. The molecule has 0 spiro atoms. The molecule has 0 saturated heterocycles. The molecule has 1 aliphatic carbocycles. The number of H-pyrrole nitrogens is 1. The van der Waals surface area contributed by atoms with E-state index in [1.807, 2.05) is 0 Å². The van der Waals surface area contributed by atoms with Crippen LogP contribution in [0.25, 0.3) is 11.0 Å². The summed E-state index contributed by atoms with van der Waals surface area (Å²) in [5, 5.41) is 3.90. The van der Waals surface area contributed by atoms with Crippen LogP contribution in [0.1, 0.15) is 41.5 Å². The molecule has 124 valence electrons. The van der Waals surface area contributed by atoms with Gasteiger partial charge >= 0.3 is 5.97 Å². The van der Waals surface area contributed by atoms with Gasteiger partial charge in [0.15, 0.2) is 11.2 Å². The van der Waals surface area contributed by atoms with E-state index in [4.69, 9.17) is 13.6 Å². The Balaban J connectivity index is 1.93. The molecular formula is C15H20N4O4. The number of aryl methyl sites for hydroxylation is 1. The number of hydrogen-bond acceptors (Lipinski definition) is 6. The summed E-state index contributed by atoms with van der Waals surface area (Å²) in [6, 6.07) is 0. The van der Waals surface area contributed by atoms with Gasteiger partial charge in [-0.25, -0.2) is 9.78 Å². The van der Waals surface area contributed by atoms with Crippen LogP contribution in [0, 0.1) is 0 Å². The zero-order valence-corrected chi connectivity index (χ0v) is 13.0. The lowest BCUT2D eigenvalue weighted by atomic mass is 9.78. The standard InChI is InChI=1S/C15H20N4O4/c1-19-12-10(8-16-19)13(20)18-11(17-12)9-4-6-15(23-3,7-5-9)14(21)22-2/h8-9H,4-7H2,1-3H3,(H,17,18,20)/i1D3. The summed E-state index contributed by atoms with van der Waals surface area (Å²) in [5.41, 5.74) is -1.40. The van der Waals surface area contributed by atoms with Crippen LogP contribution >= 0.6 is 0 Å². The minimum absolute atomic E-state index is 0.0281. The van der Waals surface area contributed by atoms with Crippen molar-refractivity contribution in [3.05, 3.63) is 22.4 Å². The van der Waals surface area contributed by atoms with Gasteiger partial charge in [-0.2, -0.15) is 5.10 Å². The molecule has 2 aromatic rings. The largest absolute Gasteiger partial charge is 0.467 e. The van der Waals surface area contributed by atoms with E-state index in [2.05, 4.69) is 15.1 Å². The lowest BCUT2D eigenvalue weighted by Crippen LogP contribution is -2.44. The Hall–Kier alpha value is -2.22. The number of hydrogen-bond donors (Lipinski definition) is 1. The molecule has 0 aromatic carbocycles. The predicted molar refractivity (Wildman–Crippen MR) is 82.1 cm³/mol. The Morgan fingerprint density at radius 2 is 2.22 bits per heavy atom. The van der Waals surface area contributed by atoms with Crippen molar-refractivity contribution >= 4 is 17.0 Å². The zero-order chi connectivity index (χ0) is 19.1. The van der Waals surface area contributed by atoms with Crippen LogP contribution in [-0.2, 0) is 21.2 Å². The number of methoxy groups -OCH3 is 2. The summed E-state index contributed by atoms with van der Waals surface area (Å²) in [7, 11) is 2.79. The van der Waals surface area contributed by atoms with Gasteiger partial charge in [0.05, 0.1) is 13.3 Å². The van der Waals surface area contributed by atoms with E-state index >= 15 is 0 Å². The average molecular weight is 323 g/mol. The average Bonchev–Trinajstić information content (AvgIpc) is 3.06. The van der Waals surface area contributed by atoms with E-state index in [-0.39, 0.29) is 17.0 Å². The topological polar surface area (TPSA) is 99.1 Å². The molecule has 8 heteroatoms. The highest BCUT2D eigenvalue weighted by Crippen LogP contribution is 2.39. The van der Waals surface area contributed by atoms with Crippen molar-refractivity contribution in [1.82, 2.24) is 19.7 Å². The van der Waals surface area contributed by atoms with Crippen molar-refractivity contribution in [2.24, 2.45) is 6.98 Å². The smallest absolute Gasteiger partial charge is 0.338 e. The summed E-state index contributed by atoms with van der Waals surface area (Å²) >= 11 is 0. The van der Waals surface area contributed by atoms with Gasteiger partial charge in [-0.1, -0.05) is 0 Å². The maximum Gasteiger partial charge on any atom is 0.338 e. The Morgan fingerprint density at radius 3 is 2.83 bits per heavy atom. The molecule has 2 aromatic heterocycles. The number of carbonyl (C=O) groups excluding carboxylic acids is 1. The normalized spacial score (nSPS) is 27.2. The van der Waals surface area contributed by atoms with E-state index in [0.717, 1.165) is 4.68 Å². The van der Waals surface area contributed by atoms with E-state index < -0.39 is 24.1 Å². The summed E-state index contributed by atoms with van der Waals surface area (Å²) < 4.78 is 33.6. The van der Waals surface area contributed by atoms with E-state index in [1.54, 1.807) is 0 Å². The second kappa shape index (κ2) is 5.77. The maximum atomic E-state index is 12.3. The summed E-state index contributed by atoms with van der Waals surface area (Å²) in [5.74, 6) is -0.154. The van der Waals surface area contributed by atoms with E-state index in [0.29, 0.717) is 31.5 Å². The van der Waals surface area contributed by atoms with Crippen molar-refractivity contribution < 1.29 is 18.4 Å². The van der Waals surface area contributed by atoms with Gasteiger partial charge in [0, 0.05) is 24.1 Å². The molecule has 0 bridgehead atoms. The summed E-state index contributed by atoms with van der Waals surface area (Å²) in [4.78, 5) is 31.4. The Morgan fingerprint density at radius 1 is 1.48 bits per heavy atom. The molecule has 1 fully saturated rings. The molecule has 0 amide bonds. The fourth-order valence-corrected chi connectivity index (χ4v) is 3.16. The Kier molecular flexibility index (Phi) is 3.07. The fraction of sp³-hybridized carbons (Fsp3) is 0.600. The molecule has 0 aliphatic heterocycles. The van der Waals surface area contributed by atoms with E-state index in [9.17, 15) is 9.59 Å². The quantitative estimate of drug-likeness (QED) is 0.842. The van der Waals surface area contributed by atoms with Crippen LogP contribution in [0.4, 0.5) is 0 Å². The molecule has 8 nitrogen and oxygen atoms in total. The predicted octanol–water partition coefficient (Wildman–Crippen LogP) is 0.872. The lowest BCUT2D eigenvalue weighted by Gasteiger charge is -2.36. The first-order chi connectivity index (χ1) is 12.2. The van der Waals surface area contributed by atoms with Crippen molar-refractivity contribution in [1.29, 1.82) is 0 Å². The Labute approximate surface area is 137 Å². The molecular weight excluding hydrogens is 300 g/mol. The van der Waals surface area contributed by atoms with Gasteiger partial charge in [-0.15, -0.1) is 0 Å². The van der Waals surface area contributed by atoms with Crippen LogP contribution in [-0.4, -0.2) is 45.5 Å². The van der Waals surface area contributed by atoms with Crippen LogP contribution in [0.3, 0.4) is 0 Å². The van der Waals surface area contributed by atoms with Crippen LogP contribution in [0.15, 0.2) is 11.0 Å². The van der Waals surface area contributed by atoms with Crippen molar-refractivity contribution in [3.8, 4) is 0 Å². The van der Waals surface area contributed by atoms with Crippen LogP contribution < -0.4 is 5.56 Å². The molecule has 1 aliphatic rings. The number of aromatic amines is 1. The minimum Gasteiger partial charge on any atom is -0.467 e. The number of nitrogens with zero attached hydrogens (tertiary/aromatic N) is 3. The third-order valence-corrected chi connectivity index (χ3v) is 4.58. The van der Waals surface area contributed by atoms with Gasteiger partial charge in [0.1, 0.15) is 11.2 Å². The molecule has 0 atom stereocenters. The number of esters is 1. The van der Waals surface area contributed by atoms with Gasteiger partial charge in [-0.05, 0) is 25.7 Å². The van der Waals surface area contributed by atoms with Crippen molar-refractivity contribution in [2.45, 2.75) is 37.2 Å². The maximum absolute atomic E-state index is 12.3. The second-order valence-electron chi connectivity index (χ2n) is 5.71. The van der Waals surface area contributed by atoms with Gasteiger partial charge in [-0.3, -0.25) is 9.48 Å². The highest BCUT2D eigenvalue weighted by molar-refractivity contribution is 5.79. The first-order valence-corrected chi connectivity index (χ1v) is 7.34. The monoisotopic (exact) mass is 323 g/mol. The molecule has 3 rings (SSSR count). The SMILES string of the molecule is [2H]C([2H])([2H])n1ncc2c(=O)[nH]c(C3CCC(OC)(C(=O)OC)CC3)nc21. The molecule has 0 unspecified atom stereocenters. The zero-order valence-electron chi connectivity index (χ0n) is 16.0. The molecule has 23 heavy (non-hydrogen) atoms. The summed E-state index contributed by atoms with van der Waals surface area (Å²) in [6.07, 6.45) is 3.12. The highest BCUT2D eigenvalue weighted by Gasteiger charge is 2.43. The number of rotatable bonds is 3. The second-order valence-corrected chi connectivity index (χ2v) is 5.71. The first kappa shape index (κ1) is 12.2. The first-order valence-electron chi connectivity index (χ1n) is 8.84. The summed E-state index contributed by atoms with van der Waals surface area (Å²) in [6.45, 7) is -2.53. The molecule has 2 heterocycles. The number of aromatic nitrogens is 4. The molecule has 1 saturated carbocycles. The van der Waals surface area contributed by atoms with Crippen LogP contribution in [0.2, 0.25) is 0 Å². The van der Waals surface area contributed by atoms with E-state index in [1.165, 1.54) is 20.4 Å². The minimum atomic E-state index is -2.53. The lowest BCUT2D eigenvalue weighted by molar-refractivity contribution is -0.170. The molecule has 1 N–H and O–H groups in total. The fourth-order valence-electron chi connectivity index (χ4n) is 3.16. The molecule has 0 radical (unpaired) electrons. The third-order valence-electron chi connectivity index (χ3n) is 4.58. The number of carbonyl (C=O) groups is 1. The number of ether oxygens (including phenoxy) is 2.